The molecule has 0 spiro atoms. The van der Waals surface area contributed by atoms with E-state index in [4.69, 9.17) is 11.6 Å². The molecule has 1 atom stereocenters. The number of halogens is 2. The molecule has 0 bridgehead atoms. The zero-order valence-corrected chi connectivity index (χ0v) is 12.2. The Hall–Kier alpha value is -1.40. The maximum absolute atomic E-state index is 10.7. The Morgan fingerprint density at radius 1 is 1.42 bits per heavy atom. The van der Waals surface area contributed by atoms with Crippen molar-refractivity contribution < 1.29 is 4.92 Å². The van der Waals surface area contributed by atoms with E-state index in [1.165, 1.54) is 10.9 Å². The van der Waals surface area contributed by atoms with Crippen LogP contribution in [-0.4, -0.2) is 20.0 Å². The molecule has 7 heteroatoms. The molecule has 2 aromatic rings. The summed E-state index contributed by atoms with van der Waals surface area (Å²) in [6.07, 6.45) is 1.48. The number of hydrogen-bond donors (Lipinski definition) is 0. The molecule has 100 valence electrons. The zero-order chi connectivity index (χ0) is 13.8. The molecule has 1 unspecified atom stereocenters. The van der Waals surface area contributed by atoms with Gasteiger partial charge in [0.1, 0.15) is 0 Å². The minimum Gasteiger partial charge on any atom is -0.358 e. The molecule has 1 heterocycles. The quantitative estimate of drug-likeness (QED) is 0.473. The van der Waals surface area contributed by atoms with E-state index in [1.54, 1.807) is 0 Å². The molecule has 0 radical (unpaired) electrons. The molecule has 0 saturated heterocycles. The van der Waals surface area contributed by atoms with Gasteiger partial charge in [0, 0.05) is 11.2 Å². The topological polar surface area (TPSA) is 61.0 Å². The van der Waals surface area contributed by atoms with Gasteiger partial charge >= 0.3 is 5.82 Å². The molecule has 0 aliphatic carbocycles. The Kier molecular flexibility index (Phi) is 4.55. The number of benzene rings is 1. The summed E-state index contributed by atoms with van der Waals surface area (Å²) < 4.78 is 1.51. The molecule has 0 aliphatic rings. The Bertz CT molecular complexity index is 574. The third kappa shape index (κ3) is 3.33. The maximum atomic E-state index is 10.7. The van der Waals surface area contributed by atoms with E-state index in [0.29, 0.717) is 6.54 Å². The van der Waals surface area contributed by atoms with Crippen molar-refractivity contribution in [1.82, 2.24) is 9.78 Å². The predicted octanol–water partition coefficient (Wildman–Crippen LogP) is 3.62. The van der Waals surface area contributed by atoms with Gasteiger partial charge in [-0.05, 0) is 10.5 Å². The second-order valence-electron chi connectivity index (χ2n) is 4.04. The molecule has 0 fully saturated rings. The summed E-state index contributed by atoms with van der Waals surface area (Å²) in [5.74, 6) is -0.125. The second kappa shape index (κ2) is 6.16. The smallest absolute Gasteiger partial charge is 0.358 e. The van der Waals surface area contributed by atoms with Gasteiger partial charge in [-0.25, -0.2) is 0 Å². The van der Waals surface area contributed by atoms with E-state index in [9.17, 15) is 10.1 Å². The first-order chi connectivity index (χ1) is 9.11. The van der Waals surface area contributed by atoms with Crippen molar-refractivity contribution in [2.45, 2.75) is 12.5 Å². The van der Waals surface area contributed by atoms with Crippen LogP contribution in [0.25, 0.3) is 0 Å². The fraction of sp³-hybridized carbons (Fsp3) is 0.250. The molecule has 0 N–H and O–H groups in total. The largest absolute Gasteiger partial charge is 0.408 e. The van der Waals surface area contributed by atoms with Gasteiger partial charge in [-0.15, -0.1) is 0 Å². The molecule has 5 nitrogen and oxygen atoms in total. The van der Waals surface area contributed by atoms with E-state index in [2.05, 4.69) is 21.0 Å². The SMILES string of the molecule is O=[N+]([O-])c1nn(CC(CBr)c2ccccc2)cc1Cl. The molecular weight excluding hydrogens is 334 g/mol. The van der Waals surface area contributed by atoms with Crippen LogP contribution in [0.5, 0.6) is 0 Å². The van der Waals surface area contributed by atoms with Crippen LogP contribution in [-0.2, 0) is 6.54 Å². The first kappa shape index (κ1) is 14.0. The highest BCUT2D eigenvalue weighted by Crippen LogP contribution is 2.25. The summed E-state index contributed by atoms with van der Waals surface area (Å²) in [5, 5.41) is 15.4. The molecule has 0 aliphatic heterocycles. The maximum Gasteiger partial charge on any atom is 0.408 e. The van der Waals surface area contributed by atoms with E-state index in [0.717, 1.165) is 10.9 Å². The van der Waals surface area contributed by atoms with Gasteiger partial charge in [-0.2, -0.15) is 4.68 Å². The highest BCUT2D eigenvalue weighted by molar-refractivity contribution is 9.09. The summed E-state index contributed by atoms with van der Waals surface area (Å²) in [4.78, 5) is 10.1. The number of aromatic nitrogens is 2. The molecular formula is C12H11BrClN3O2. The first-order valence-electron chi connectivity index (χ1n) is 5.60. The van der Waals surface area contributed by atoms with Crippen LogP contribution in [0.2, 0.25) is 5.02 Å². The lowest BCUT2D eigenvalue weighted by Crippen LogP contribution is -2.11. The van der Waals surface area contributed by atoms with E-state index in [-0.39, 0.29) is 16.8 Å². The number of rotatable bonds is 5. The fourth-order valence-electron chi connectivity index (χ4n) is 1.80. The molecule has 1 aromatic carbocycles. The fourth-order valence-corrected chi connectivity index (χ4v) is 2.60. The van der Waals surface area contributed by atoms with Crippen molar-refractivity contribution in [2.75, 3.05) is 5.33 Å². The van der Waals surface area contributed by atoms with Crippen molar-refractivity contribution in [3.63, 3.8) is 0 Å². The van der Waals surface area contributed by atoms with Crippen LogP contribution in [0.15, 0.2) is 36.5 Å². The lowest BCUT2D eigenvalue weighted by atomic mass is 10.0. The van der Waals surface area contributed by atoms with Crippen LogP contribution in [0.1, 0.15) is 11.5 Å². The summed E-state index contributed by atoms with van der Waals surface area (Å²) in [5.41, 5.74) is 1.15. The minimum atomic E-state index is -0.579. The monoisotopic (exact) mass is 343 g/mol. The van der Waals surface area contributed by atoms with E-state index in [1.807, 2.05) is 30.3 Å². The Morgan fingerprint density at radius 3 is 2.63 bits per heavy atom. The number of hydrogen-bond acceptors (Lipinski definition) is 3. The molecule has 2 rings (SSSR count). The van der Waals surface area contributed by atoms with Gasteiger partial charge in [0.25, 0.3) is 0 Å². The van der Waals surface area contributed by atoms with Crippen LogP contribution in [0.3, 0.4) is 0 Å². The van der Waals surface area contributed by atoms with Crippen molar-refractivity contribution in [1.29, 1.82) is 0 Å². The Balaban J connectivity index is 2.19. The molecule has 19 heavy (non-hydrogen) atoms. The average molecular weight is 345 g/mol. The van der Waals surface area contributed by atoms with Gasteiger partial charge in [-0.3, -0.25) is 0 Å². The van der Waals surface area contributed by atoms with Gasteiger partial charge in [-0.1, -0.05) is 57.9 Å². The number of alkyl halides is 1. The van der Waals surface area contributed by atoms with Crippen molar-refractivity contribution in [3.05, 3.63) is 57.2 Å². The number of nitrogens with zero attached hydrogens (tertiary/aromatic N) is 3. The van der Waals surface area contributed by atoms with E-state index < -0.39 is 4.92 Å². The van der Waals surface area contributed by atoms with Gasteiger partial charge in [0.05, 0.1) is 17.8 Å². The second-order valence-corrected chi connectivity index (χ2v) is 5.10. The third-order valence-corrected chi connectivity index (χ3v) is 3.78. The van der Waals surface area contributed by atoms with Crippen LogP contribution in [0, 0.1) is 10.1 Å². The zero-order valence-electron chi connectivity index (χ0n) is 9.87. The summed E-state index contributed by atoms with van der Waals surface area (Å²) in [6, 6.07) is 9.91. The van der Waals surface area contributed by atoms with Crippen molar-refractivity contribution in [2.24, 2.45) is 0 Å². The highest BCUT2D eigenvalue weighted by atomic mass is 79.9. The molecule has 0 amide bonds. The van der Waals surface area contributed by atoms with Crippen LogP contribution >= 0.6 is 27.5 Å². The lowest BCUT2D eigenvalue weighted by molar-refractivity contribution is -0.389. The van der Waals surface area contributed by atoms with Crippen molar-refractivity contribution in [3.8, 4) is 0 Å². The Morgan fingerprint density at radius 2 is 2.11 bits per heavy atom. The predicted molar refractivity (Wildman–Crippen MR) is 76.9 cm³/mol. The first-order valence-corrected chi connectivity index (χ1v) is 7.10. The minimum absolute atomic E-state index is 0.0615. The van der Waals surface area contributed by atoms with Gasteiger partial charge in [0.15, 0.2) is 5.02 Å². The summed E-state index contributed by atoms with van der Waals surface area (Å²) in [7, 11) is 0. The standard InChI is InChI=1S/C12H11BrClN3O2/c13-6-10(9-4-2-1-3-5-9)7-16-8-11(14)12(15-16)17(18)19/h1-5,8,10H,6-7H2. The van der Waals surface area contributed by atoms with Gasteiger partial charge < -0.3 is 10.1 Å². The lowest BCUT2D eigenvalue weighted by Gasteiger charge is -2.12. The highest BCUT2D eigenvalue weighted by Gasteiger charge is 2.21. The Labute approximate surface area is 123 Å². The van der Waals surface area contributed by atoms with Crippen molar-refractivity contribution >= 4 is 33.3 Å². The molecule has 0 saturated carbocycles. The normalized spacial score (nSPS) is 12.3. The van der Waals surface area contributed by atoms with Gasteiger partial charge in [0.2, 0.25) is 0 Å². The van der Waals surface area contributed by atoms with E-state index >= 15 is 0 Å². The molecule has 1 aromatic heterocycles. The van der Waals surface area contributed by atoms with Crippen LogP contribution in [0.4, 0.5) is 5.82 Å². The average Bonchev–Trinajstić information content (AvgIpc) is 2.78. The third-order valence-electron chi connectivity index (χ3n) is 2.74. The summed E-state index contributed by atoms with van der Waals surface area (Å²) >= 11 is 9.23. The summed E-state index contributed by atoms with van der Waals surface area (Å²) in [6.45, 7) is 0.531. The number of nitro groups is 1. The van der Waals surface area contributed by atoms with Crippen LogP contribution < -0.4 is 0 Å².